The highest BCUT2D eigenvalue weighted by Gasteiger charge is 2.23. The molecule has 0 fully saturated rings. The first-order valence-corrected chi connectivity index (χ1v) is 9.07. The lowest BCUT2D eigenvalue weighted by Gasteiger charge is -2.27. The number of urea groups is 1. The molecular formula is C16H24N2O3S. The molecule has 5 nitrogen and oxygen atoms in total. The van der Waals surface area contributed by atoms with Crippen LogP contribution in [0.3, 0.4) is 0 Å². The molecule has 0 unspecified atom stereocenters. The van der Waals surface area contributed by atoms with E-state index >= 15 is 0 Å². The quantitative estimate of drug-likeness (QED) is 0.843. The largest absolute Gasteiger partial charge is 0.337 e. The molecule has 0 spiro atoms. The Kier molecular flexibility index (Phi) is 5.77. The van der Waals surface area contributed by atoms with Gasteiger partial charge in [0, 0.05) is 12.8 Å². The SMILES string of the molecule is C=C(C)c1cccc(C(C)(C)NC(=O)NCCS(C)(=O)=O)c1. The topological polar surface area (TPSA) is 75.3 Å². The molecule has 0 aromatic heterocycles. The summed E-state index contributed by atoms with van der Waals surface area (Å²) in [6.45, 7) is 9.71. The van der Waals surface area contributed by atoms with Crippen LogP contribution in [0, 0.1) is 0 Å². The molecule has 2 amide bonds. The van der Waals surface area contributed by atoms with Crippen molar-refractivity contribution in [1.82, 2.24) is 10.6 Å². The molecule has 22 heavy (non-hydrogen) atoms. The van der Waals surface area contributed by atoms with Crippen molar-refractivity contribution in [2.45, 2.75) is 26.3 Å². The first-order valence-electron chi connectivity index (χ1n) is 7.01. The number of rotatable bonds is 6. The third kappa shape index (κ3) is 5.89. The van der Waals surface area contributed by atoms with Crippen molar-refractivity contribution in [3.63, 3.8) is 0 Å². The number of amides is 2. The minimum Gasteiger partial charge on any atom is -0.337 e. The predicted octanol–water partition coefficient (Wildman–Crippen LogP) is 2.30. The molecule has 2 N–H and O–H groups in total. The second kappa shape index (κ2) is 6.96. The van der Waals surface area contributed by atoms with Crippen LogP contribution in [0.1, 0.15) is 31.9 Å². The standard InChI is InChI=1S/C16H24N2O3S/c1-12(2)13-7-6-8-14(11-13)16(3,4)18-15(19)17-9-10-22(5,20)21/h6-8,11H,1,9-10H2,2-5H3,(H2,17,18,19). The Morgan fingerprint density at radius 1 is 1.32 bits per heavy atom. The molecule has 0 saturated carbocycles. The fourth-order valence-electron chi connectivity index (χ4n) is 1.92. The van der Waals surface area contributed by atoms with E-state index in [1.807, 2.05) is 45.0 Å². The van der Waals surface area contributed by atoms with E-state index in [0.717, 1.165) is 23.0 Å². The Bertz CT molecular complexity index is 664. The van der Waals surface area contributed by atoms with Gasteiger partial charge in [0.15, 0.2) is 0 Å². The number of carbonyl (C=O) groups is 1. The highest BCUT2D eigenvalue weighted by molar-refractivity contribution is 7.90. The van der Waals surface area contributed by atoms with Crippen LogP contribution in [-0.2, 0) is 15.4 Å². The molecule has 0 radical (unpaired) electrons. The number of benzene rings is 1. The summed E-state index contributed by atoms with van der Waals surface area (Å²) in [7, 11) is -3.08. The zero-order valence-corrected chi connectivity index (χ0v) is 14.4. The van der Waals surface area contributed by atoms with Gasteiger partial charge in [0.2, 0.25) is 0 Å². The lowest BCUT2D eigenvalue weighted by molar-refractivity contribution is 0.230. The smallest absolute Gasteiger partial charge is 0.315 e. The van der Waals surface area contributed by atoms with Crippen LogP contribution in [-0.4, -0.2) is 33.0 Å². The van der Waals surface area contributed by atoms with E-state index < -0.39 is 21.4 Å². The van der Waals surface area contributed by atoms with Crippen molar-refractivity contribution in [2.75, 3.05) is 18.6 Å². The summed E-state index contributed by atoms with van der Waals surface area (Å²) in [5.74, 6) is -0.0774. The highest BCUT2D eigenvalue weighted by Crippen LogP contribution is 2.23. The summed E-state index contributed by atoms with van der Waals surface area (Å²) in [5, 5.41) is 5.41. The number of hydrogen-bond acceptors (Lipinski definition) is 3. The van der Waals surface area contributed by atoms with Crippen LogP contribution in [0.25, 0.3) is 5.57 Å². The first kappa shape index (κ1) is 18.2. The maximum absolute atomic E-state index is 11.9. The van der Waals surface area contributed by atoms with Crippen LogP contribution in [0.4, 0.5) is 4.79 Å². The van der Waals surface area contributed by atoms with Crippen molar-refractivity contribution in [3.8, 4) is 0 Å². The Labute approximate surface area is 132 Å². The zero-order valence-electron chi connectivity index (χ0n) is 13.6. The summed E-state index contributed by atoms with van der Waals surface area (Å²) in [4.78, 5) is 11.9. The van der Waals surface area contributed by atoms with Gasteiger partial charge in [0.1, 0.15) is 9.84 Å². The van der Waals surface area contributed by atoms with E-state index in [0.29, 0.717) is 0 Å². The summed E-state index contributed by atoms with van der Waals surface area (Å²) in [5.41, 5.74) is 2.34. The van der Waals surface area contributed by atoms with Gasteiger partial charge >= 0.3 is 6.03 Å². The molecule has 0 aliphatic carbocycles. The normalized spacial score (nSPS) is 11.8. The monoisotopic (exact) mass is 324 g/mol. The van der Waals surface area contributed by atoms with Crippen molar-refractivity contribution in [2.24, 2.45) is 0 Å². The molecule has 0 aliphatic heterocycles. The fraction of sp³-hybridized carbons (Fsp3) is 0.438. The lowest BCUT2D eigenvalue weighted by atomic mass is 9.92. The Morgan fingerprint density at radius 3 is 2.50 bits per heavy atom. The van der Waals surface area contributed by atoms with Crippen LogP contribution >= 0.6 is 0 Å². The molecule has 1 aromatic carbocycles. The molecule has 1 rings (SSSR count). The minimum absolute atomic E-state index is 0.0774. The Balaban J connectivity index is 2.72. The molecule has 6 heteroatoms. The summed E-state index contributed by atoms with van der Waals surface area (Å²) in [6, 6.07) is 7.41. The van der Waals surface area contributed by atoms with Crippen LogP contribution < -0.4 is 10.6 Å². The second-order valence-electron chi connectivity index (χ2n) is 6.00. The van der Waals surface area contributed by atoms with Gasteiger partial charge in [-0.1, -0.05) is 30.4 Å². The zero-order chi connectivity index (χ0) is 17.0. The molecule has 0 heterocycles. The molecule has 1 aromatic rings. The van der Waals surface area contributed by atoms with Gasteiger partial charge in [-0.2, -0.15) is 0 Å². The number of allylic oxidation sites excluding steroid dienone is 1. The molecule has 0 atom stereocenters. The number of hydrogen-bond donors (Lipinski definition) is 2. The van der Waals surface area contributed by atoms with Crippen molar-refractivity contribution >= 4 is 21.4 Å². The van der Waals surface area contributed by atoms with E-state index in [9.17, 15) is 13.2 Å². The van der Waals surface area contributed by atoms with E-state index in [2.05, 4.69) is 17.2 Å². The van der Waals surface area contributed by atoms with Gasteiger partial charge in [-0.25, -0.2) is 13.2 Å². The summed E-state index contributed by atoms with van der Waals surface area (Å²) < 4.78 is 22.1. The maximum Gasteiger partial charge on any atom is 0.315 e. The van der Waals surface area contributed by atoms with E-state index in [-0.39, 0.29) is 12.3 Å². The van der Waals surface area contributed by atoms with E-state index in [1.54, 1.807) is 0 Å². The molecule has 0 bridgehead atoms. The summed E-state index contributed by atoms with van der Waals surface area (Å²) >= 11 is 0. The Hall–Kier alpha value is -1.82. The summed E-state index contributed by atoms with van der Waals surface area (Å²) in [6.07, 6.45) is 1.14. The number of nitrogens with one attached hydrogen (secondary N) is 2. The number of carbonyl (C=O) groups excluding carboxylic acids is 1. The molecule has 0 saturated heterocycles. The van der Waals surface area contributed by atoms with Gasteiger partial charge in [-0.3, -0.25) is 0 Å². The molecule has 122 valence electrons. The molecular weight excluding hydrogens is 300 g/mol. The second-order valence-corrected chi connectivity index (χ2v) is 8.26. The first-order chi connectivity index (χ1) is 10.0. The third-order valence-electron chi connectivity index (χ3n) is 3.26. The average Bonchev–Trinajstić information content (AvgIpc) is 2.36. The van der Waals surface area contributed by atoms with Gasteiger partial charge in [-0.15, -0.1) is 0 Å². The van der Waals surface area contributed by atoms with Gasteiger partial charge in [0.25, 0.3) is 0 Å². The van der Waals surface area contributed by atoms with Crippen LogP contribution in [0.2, 0.25) is 0 Å². The molecule has 0 aliphatic rings. The van der Waals surface area contributed by atoms with Crippen molar-refractivity contribution in [1.29, 1.82) is 0 Å². The van der Waals surface area contributed by atoms with Crippen molar-refractivity contribution < 1.29 is 13.2 Å². The third-order valence-corrected chi connectivity index (χ3v) is 4.21. The van der Waals surface area contributed by atoms with Gasteiger partial charge in [0.05, 0.1) is 11.3 Å². The van der Waals surface area contributed by atoms with E-state index in [1.165, 1.54) is 0 Å². The van der Waals surface area contributed by atoms with E-state index in [4.69, 9.17) is 0 Å². The fourth-order valence-corrected chi connectivity index (χ4v) is 2.40. The van der Waals surface area contributed by atoms with Crippen LogP contribution in [0.15, 0.2) is 30.8 Å². The number of sulfone groups is 1. The van der Waals surface area contributed by atoms with Gasteiger partial charge in [-0.05, 0) is 38.0 Å². The average molecular weight is 324 g/mol. The predicted molar refractivity (Wildman–Crippen MR) is 90.4 cm³/mol. The van der Waals surface area contributed by atoms with Crippen molar-refractivity contribution in [3.05, 3.63) is 42.0 Å². The Morgan fingerprint density at radius 2 is 1.95 bits per heavy atom. The highest BCUT2D eigenvalue weighted by atomic mass is 32.2. The lowest BCUT2D eigenvalue weighted by Crippen LogP contribution is -2.47. The van der Waals surface area contributed by atoms with Crippen LogP contribution in [0.5, 0.6) is 0 Å². The van der Waals surface area contributed by atoms with Gasteiger partial charge < -0.3 is 10.6 Å². The minimum atomic E-state index is -3.08. The maximum atomic E-state index is 11.9.